The number of hydrogen-bond donors (Lipinski definition) is 1. The fourth-order valence-electron chi connectivity index (χ4n) is 3.08. The van der Waals surface area contributed by atoms with Crippen molar-refractivity contribution < 1.29 is 14.3 Å². The number of nitrogens with one attached hydrogen (secondary N) is 1. The molecule has 0 heterocycles. The van der Waals surface area contributed by atoms with Gasteiger partial charge in [0.15, 0.2) is 6.61 Å². The zero-order chi connectivity index (χ0) is 22.1. The number of ether oxygens (including phenoxy) is 1. The highest BCUT2D eigenvalue weighted by atomic mass is 79.9. The lowest BCUT2D eigenvalue weighted by molar-refractivity contribution is -0.143. The third-order valence-electron chi connectivity index (χ3n) is 5.07. The zero-order valence-electron chi connectivity index (χ0n) is 18.2. The second kappa shape index (κ2) is 11.7. The molecule has 2 amide bonds. The first-order valence-electron chi connectivity index (χ1n) is 10.4. The van der Waals surface area contributed by atoms with Gasteiger partial charge in [0, 0.05) is 17.1 Å². The van der Waals surface area contributed by atoms with Crippen molar-refractivity contribution in [2.45, 2.75) is 59.2 Å². The van der Waals surface area contributed by atoms with Crippen LogP contribution in [0.1, 0.15) is 44.7 Å². The van der Waals surface area contributed by atoms with Gasteiger partial charge in [-0.05, 0) is 56.0 Å². The topological polar surface area (TPSA) is 58.6 Å². The summed E-state index contributed by atoms with van der Waals surface area (Å²) in [5.74, 6) is 0.280. The van der Waals surface area contributed by atoms with Gasteiger partial charge in [0.2, 0.25) is 5.91 Å². The average molecular weight is 475 g/mol. The van der Waals surface area contributed by atoms with Gasteiger partial charge in [-0.3, -0.25) is 9.59 Å². The van der Waals surface area contributed by atoms with E-state index in [1.165, 1.54) is 0 Å². The normalized spacial score (nSPS) is 12.7. The molecule has 0 fully saturated rings. The van der Waals surface area contributed by atoms with Crippen LogP contribution in [0.4, 0.5) is 0 Å². The minimum atomic E-state index is -0.554. The number of carbonyl (C=O) groups excluding carboxylic acids is 2. The molecule has 0 spiro atoms. The van der Waals surface area contributed by atoms with Crippen LogP contribution in [-0.2, 0) is 16.1 Å². The molecule has 162 valence electrons. The minimum absolute atomic E-state index is 0.0576. The third-order valence-corrected chi connectivity index (χ3v) is 5.96. The van der Waals surface area contributed by atoms with Gasteiger partial charge in [-0.15, -0.1) is 0 Å². The number of rotatable bonds is 10. The van der Waals surface area contributed by atoms with Gasteiger partial charge in [0.1, 0.15) is 11.8 Å². The summed E-state index contributed by atoms with van der Waals surface area (Å²) in [5.41, 5.74) is 2.00. The largest absolute Gasteiger partial charge is 0.484 e. The van der Waals surface area contributed by atoms with Crippen LogP contribution in [0, 0.1) is 6.92 Å². The van der Waals surface area contributed by atoms with Crippen LogP contribution < -0.4 is 10.1 Å². The number of amides is 2. The number of hydrogen-bond acceptors (Lipinski definition) is 3. The first-order valence-corrected chi connectivity index (χ1v) is 11.2. The van der Waals surface area contributed by atoms with E-state index >= 15 is 0 Å². The Hall–Kier alpha value is -2.34. The summed E-state index contributed by atoms with van der Waals surface area (Å²) in [5, 5.41) is 3.01. The second-order valence-corrected chi connectivity index (χ2v) is 8.30. The summed E-state index contributed by atoms with van der Waals surface area (Å²) in [7, 11) is 0. The lowest BCUT2D eigenvalue weighted by Crippen LogP contribution is -2.51. The molecule has 0 radical (unpaired) electrons. The van der Waals surface area contributed by atoms with E-state index in [1.54, 1.807) is 4.90 Å². The van der Waals surface area contributed by atoms with Gasteiger partial charge in [-0.1, -0.05) is 60.1 Å². The maximum Gasteiger partial charge on any atom is 0.261 e. The van der Waals surface area contributed by atoms with Crippen molar-refractivity contribution in [3.8, 4) is 5.75 Å². The third kappa shape index (κ3) is 6.87. The Labute approximate surface area is 187 Å². The Kier molecular flexibility index (Phi) is 9.37. The van der Waals surface area contributed by atoms with E-state index in [0.717, 1.165) is 22.0 Å². The molecule has 1 N–H and O–H groups in total. The molecule has 2 aromatic carbocycles. The maximum atomic E-state index is 13.1. The summed E-state index contributed by atoms with van der Waals surface area (Å²) in [6, 6.07) is 14.8. The lowest BCUT2D eigenvalue weighted by Gasteiger charge is -2.31. The Bertz CT molecular complexity index is 842. The van der Waals surface area contributed by atoms with Gasteiger partial charge >= 0.3 is 0 Å². The number of carbonyl (C=O) groups is 2. The smallest absolute Gasteiger partial charge is 0.261 e. The Balaban J connectivity index is 2.18. The molecule has 2 aromatic rings. The zero-order valence-corrected chi connectivity index (χ0v) is 19.7. The highest BCUT2D eigenvalue weighted by molar-refractivity contribution is 9.10. The van der Waals surface area contributed by atoms with E-state index in [0.29, 0.717) is 18.7 Å². The molecule has 0 aliphatic rings. The van der Waals surface area contributed by atoms with Crippen LogP contribution >= 0.6 is 15.9 Å². The van der Waals surface area contributed by atoms with E-state index in [-0.39, 0.29) is 24.5 Å². The van der Waals surface area contributed by atoms with Gasteiger partial charge < -0.3 is 15.0 Å². The van der Waals surface area contributed by atoms with Crippen molar-refractivity contribution in [3.63, 3.8) is 0 Å². The second-order valence-electron chi connectivity index (χ2n) is 7.45. The van der Waals surface area contributed by atoms with Crippen LogP contribution in [0.2, 0.25) is 0 Å². The van der Waals surface area contributed by atoms with Gasteiger partial charge in [-0.2, -0.15) is 0 Å². The monoisotopic (exact) mass is 474 g/mol. The summed E-state index contributed by atoms with van der Waals surface area (Å²) in [6.45, 7) is 8.10. The van der Waals surface area contributed by atoms with Crippen LogP contribution in [-0.4, -0.2) is 35.4 Å². The van der Waals surface area contributed by atoms with Gasteiger partial charge in [0.25, 0.3) is 5.91 Å². The van der Waals surface area contributed by atoms with E-state index in [2.05, 4.69) is 21.2 Å². The van der Waals surface area contributed by atoms with E-state index < -0.39 is 6.04 Å². The van der Waals surface area contributed by atoms with Crippen molar-refractivity contribution >= 4 is 27.7 Å². The Morgan fingerprint density at radius 1 is 1.10 bits per heavy atom. The highest BCUT2D eigenvalue weighted by Crippen LogP contribution is 2.22. The summed E-state index contributed by atoms with van der Waals surface area (Å²) in [6.07, 6.45) is 1.36. The quantitative estimate of drug-likeness (QED) is 0.534. The molecule has 2 atom stereocenters. The molecular weight excluding hydrogens is 444 g/mol. The van der Waals surface area contributed by atoms with Gasteiger partial charge in [-0.25, -0.2) is 0 Å². The van der Waals surface area contributed by atoms with Crippen LogP contribution in [0.25, 0.3) is 0 Å². The number of halogens is 1. The number of nitrogens with zero attached hydrogens (tertiary/aromatic N) is 1. The van der Waals surface area contributed by atoms with Gasteiger partial charge in [0.05, 0.1) is 0 Å². The molecular formula is C24H31BrN2O3. The molecule has 0 aliphatic heterocycles. The first-order chi connectivity index (χ1) is 14.3. The molecule has 0 aromatic heterocycles. The maximum absolute atomic E-state index is 13.1. The molecule has 0 saturated heterocycles. The standard InChI is InChI=1S/C24H31BrN2O3/c1-5-18(4)26-24(29)22(6-2)27(15-19-10-8-7-9-11-19)23(28)16-30-20-12-13-21(25)17(3)14-20/h7-14,18,22H,5-6,15-16H2,1-4H3,(H,26,29)/t18-,22-/m1/s1. The molecule has 0 saturated carbocycles. The fraction of sp³-hybridized carbons (Fsp3) is 0.417. The number of benzene rings is 2. The van der Waals surface area contributed by atoms with Crippen LogP contribution in [0.15, 0.2) is 53.0 Å². The molecule has 30 heavy (non-hydrogen) atoms. The molecule has 2 rings (SSSR count). The van der Waals surface area contributed by atoms with Crippen molar-refractivity contribution in [1.29, 1.82) is 0 Å². The predicted octanol–water partition coefficient (Wildman–Crippen LogP) is 4.86. The van der Waals surface area contributed by atoms with Crippen molar-refractivity contribution in [1.82, 2.24) is 10.2 Å². The van der Waals surface area contributed by atoms with E-state index in [4.69, 9.17) is 4.74 Å². The highest BCUT2D eigenvalue weighted by Gasteiger charge is 2.29. The molecule has 5 nitrogen and oxygen atoms in total. The van der Waals surface area contributed by atoms with Crippen LogP contribution in [0.3, 0.4) is 0 Å². The van der Waals surface area contributed by atoms with E-state index in [1.807, 2.05) is 76.2 Å². The van der Waals surface area contributed by atoms with E-state index in [9.17, 15) is 9.59 Å². The minimum Gasteiger partial charge on any atom is -0.484 e. The summed E-state index contributed by atoms with van der Waals surface area (Å²) < 4.78 is 6.74. The Morgan fingerprint density at radius 3 is 2.40 bits per heavy atom. The predicted molar refractivity (Wildman–Crippen MR) is 123 cm³/mol. The Morgan fingerprint density at radius 2 is 1.80 bits per heavy atom. The molecule has 6 heteroatoms. The van der Waals surface area contributed by atoms with Crippen molar-refractivity contribution in [2.24, 2.45) is 0 Å². The van der Waals surface area contributed by atoms with Crippen molar-refractivity contribution in [2.75, 3.05) is 6.61 Å². The fourth-order valence-corrected chi connectivity index (χ4v) is 3.32. The van der Waals surface area contributed by atoms with Crippen molar-refractivity contribution in [3.05, 3.63) is 64.1 Å². The molecule has 0 aliphatic carbocycles. The first kappa shape index (κ1) is 23.9. The summed E-state index contributed by atoms with van der Waals surface area (Å²) >= 11 is 3.46. The molecule has 0 unspecified atom stereocenters. The molecule has 0 bridgehead atoms. The number of aryl methyl sites for hydroxylation is 1. The SMILES string of the molecule is CC[C@@H](C)NC(=O)[C@@H](CC)N(Cc1ccccc1)C(=O)COc1ccc(Br)c(C)c1. The van der Waals surface area contributed by atoms with Crippen LogP contribution in [0.5, 0.6) is 5.75 Å². The summed E-state index contributed by atoms with van der Waals surface area (Å²) in [4.78, 5) is 27.7. The average Bonchev–Trinajstić information content (AvgIpc) is 2.74. The lowest BCUT2D eigenvalue weighted by atomic mass is 10.1.